The van der Waals surface area contributed by atoms with Crippen LogP contribution in [0, 0.1) is 12.7 Å². The second-order valence-corrected chi connectivity index (χ2v) is 5.35. The molecule has 1 aliphatic heterocycles. The number of hydrogen-bond acceptors (Lipinski definition) is 3. The Morgan fingerprint density at radius 3 is 2.67 bits per heavy atom. The van der Waals surface area contributed by atoms with Gasteiger partial charge in [-0.3, -0.25) is 14.5 Å². The summed E-state index contributed by atoms with van der Waals surface area (Å²) in [4.78, 5) is 27.2. The summed E-state index contributed by atoms with van der Waals surface area (Å²) in [5, 5.41) is 0. The summed E-state index contributed by atoms with van der Waals surface area (Å²) in [5.41, 5.74) is 6.36. The quantitative estimate of drug-likeness (QED) is 0.895. The molecule has 0 atom stereocenters. The number of primary amides is 1. The highest BCUT2D eigenvalue weighted by atomic mass is 19.1. The molecule has 0 spiro atoms. The minimum Gasteiger partial charge on any atom is -0.369 e. The zero-order valence-electron chi connectivity index (χ0n) is 12.1. The SMILES string of the molecule is Cc1cc(F)ccc1C(=O)N1CCCN(CC(N)=O)CC1. The molecule has 2 rings (SSSR count). The third-order valence-corrected chi connectivity index (χ3v) is 3.67. The Hall–Kier alpha value is -1.95. The van der Waals surface area contributed by atoms with E-state index in [1.807, 2.05) is 4.90 Å². The van der Waals surface area contributed by atoms with Crippen molar-refractivity contribution < 1.29 is 14.0 Å². The van der Waals surface area contributed by atoms with Gasteiger partial charge in [-0.25, -0.2) is 4.39 Å². The van der Waals surface area contributed by atoms with Crippen LogP contribution < -0.4 is 5.73 Å². The van der Waals surface area contributed by atoms with Gasteiger partial charge in [0.2, 0.25) is 5.91 Å². The lowest BCUT2D eigenvalue weighted by molar-refractivity contribution is -0.119. The van der Waals surface area contributed by atoms with Gasteiger partial charge in [0.15, 0.2) is 0 Å². The van der Waals surface area contributed by atoms with Crippen LogP contribution in [0.2, 0.25) is 0 Å². The Morgan fingerprint density at radius 1 is 1.24 bits per heavy atom. The molecule has 1 saturated heterocycles. The molecule has 2 N–H and O–H groups in total. The zero-order chi connectivity index (χ0) is 15.4. The van der Waals surface area contributed by atoms with Crippen molar-refractivity contribution in [2.75, 3.05) is 32.7 Å². The van der Waals surface area contributed by atoms with Crippen LogP contribution in [0.15, 0.2) is 18.2 Å². The van der Waals surface area contributed by atoms with E-state index in [1.54, 1.807) is 11.8 Å². The van der Waals surface area contributed by atoms with Crippen LogP contribution in [-0.2, 0) is 4.79 Å². The predicted molar refractivity (Wildman–Crippen MR) is 77.3 cm³/mol. The number of nitrogens with two attached hydrogens (primary N) is 1. The number of nitrogens with zero attached hydrogens (tertiary/aromatic N) is 2. The van der Waals surface area contributed by atoms with Crippen molar-refractivity contribution in [3.63, 3.8) is 0 Å². The smallest absolute Gasteiger partial charge is 0.254 e. The maximum Gasteiger partial charge on any atom is 0.254 e. The van der Waals surface area contributed by atoms with Crippen LogP contribution >= 0.6 is 0 Å². The third-order valence-electron chi connectivity index (χ3n) is 3.67. The summed E-state index contributed by atoms with van der Waals surface area (Å²) >= 11 is 0. The molecule has 5 nitrogen and oxygen atoms in total. The van der Waals surface area contributed by atoms with E-state index in [9.17, 15) is 14.0 Å². The van der Waals surface area contributed by atoms with E-state index in [2.05, 4.69) is 0 Å². The molecule has 1 aromatic rings. The number of hydrogen-bond donors (Lipinski definition) is 1. The van der Waals surface area contributed by atoms with E-state index < -0.39 is 0 Å². The molecule has 21 heavy (non-hydrogen) atoms. The van der Waals surface area contributed by atoms with Crippen LogP contribution in [0.3, 0.4) is 0 Å². The van der Waals surface area contributed by atoms with Crippen molar-refractivity contribution in [1.82, 2.24) is 9.80 Å². The number of amides is 2. The number of carbonyl (C=O) groups is 2. The van der Waals surface area contributed by atoms with Crippen molar-refractivity contribution in [1.29, 1.82) is 0 Å². The molecular formula is C15H20FN3O2. The van der Waals surface area contributed by atoms with E-state index in [0.717, 1.165) is 13.0 Å². The molecule has 1 aliphatic rings. The number of rotatable bonds is 3. The van der Waals surface area contributed by atoms with Crippen LogP contribution in [0.1, 0.15) is 22.3 Å². The molecule has 0 radical (unpaired) electrons. The van der Waals surface area contributed by atoms with Crippen molar-refractivity contribution in [3.05, 3.63) is 35.1 Å². The lowest BCUT2D eigenvalue weighted by Gasteiger charge is -2.22. The van der Waals surface area contributed by atoms with Crippen molar-refractivity contribution in [2.24, 2.45) is 5.73 Å². The third kappa shape index (κ3) is 4.01. The van der Waals surface area contributed by atoms with Gasteiger partial charge in [-0.2, -0.15) is 0 Å². The van der Waals surface area contributed by atoms with E-state index >= 15 is 0 Å². The summed E-state index contributed by atoms with van der Waals surface area (Å²) in [6, 6.07) is 4.20. The standard InChI is InChI=1S/C15H20FN3O2/c1-11-9-12(16)3-4-13(11)15(21)19-6-2-5-18(7-8-19)10-14(17)20/h3-4,9H,2,5-8,10H2,1H3,(H2,17,20). The molecule has 0 bridgehead atoms. The fourth-order valence-electron chi connectivity index (χ4n) is 2.59. The summed E-state index contributed by atoms with van der Waals surface area (Å²) in [6.45, 7) is 4.49. The molecule has 1 aromatic carbocycles. The first kappa shape index (κ1) is 15.4. The van der Waals surface area contributed by atoms with E-state index in [1.165, 1.54) is 18.2 Å². The first-order chi connectivity index (χ1) is 9.97. The highest BCUT2D eigenvalue weighted by Crippen LogP contribution is 2.14. The molecule has 114 valence electrons. The monoisotopic (exact) mass is 293 g/mol. The van der Waals surface area contributed by atoms with E-state index in [0.29, 0.717) is 30.8 Å². The fourth-order valence-corrected chi connectivity index (χ4v) is 2.59. The molecule has 0 aromatic heterocycles. The summed E-state index contributed by atoms with van der Waals surface area (Å²) in [5.74, 6) is -0.787. The lowest BCUT2D eigenvalue weighted by Crippen LogP contribution is -2.38. The Morgan fingerprint density at radius 2 is 2.00 bits per heavy atom. The van der Waals surface area contributed by atoms with Gasteiger partial charge >= 0.3 is 0 Å². The Balaban J connectivity index is 2.04. The summed E-state index contributed by atoms with van der Waals surface area (Å²) in [6.07, 6.45) is 0.791. The molecule has 1 heterocycles. The largest absolute Gasteiger partial charge is 0.369 e. The van der Waals surface area contributed by atoms with Crippen molar-refractivity contribution in [3.8, 4) is 0 Å². The average molecular weight is 293 g/mol. The van der Waals surface area contributed by atoms with Crippen molar-refractivity contribution >= 4 is 11.8 Å². The van der Waals surface area contributed by atoms with Gasteiger partial charge in [0.05, 0.1) is 6.54 Å². The highest BCUT2D eigenvalue weighted by Gasteiger charge is 2.22. The minimum atomic E-state index is -0.357. The van der Waals surface area contributed by atoms with Crippen LogP contribution in [0.5, 0.6) is 0 Å². The van der Waals surface area contributed by atoms with Gasteiger partial charge in [-0.15, -0.1) is 0 Å². The summed E-state index contributed by atoms with van der Waals surface area (Å²) in [7, 11) is 0. The van der Waals surface area contributed by atoms with Gasteiger partial charge in [0, 0.05) is 31.7 Å². The predicted octanol–water partition coefficient (Wildman–Crippen LogP) is 0.767. The molecule has 6 heteroatoms. The molecule has 2 amide bonds. The van der Waals surface area contributed by atoms with E-state index in [4.69, 9.17) is 5.73 Å². The average Bonchev–Trinajstić information content (AvgIpc) is 2.63. The van der Waals surface area contributed by atoms with Crippen LogP contribution in [0.4, 0.5) is 4.39 Å². The highest BCUT2D eigenvalue weighted by molar-refractivity contribution is 5.95. The summed E-state index contributed by atoms with van der Waals surface area (Å²) < 4.78 is 13.1. The van der Waals surface area contributed by atoms with E-state index in [-0.39, 0.29) is 24.2 Å². The van der Waals surface area contributed by atoms with Gasteiger partial charge in [0.1, 0.15) is 5.82 Å². The Labute approximate surface area is 123 Å². The minimum absolute atomic E-state index is 0.0894. The Kier molecular flexibility index (Phi) is 4.90. The first-order valence-electron chi connectivity index (χ1n) is 7.03. The van der Waals surface area contributed by atoms with Crippen molar-refractivity contribution in [2.45, 2.75) is 13.3 Å². The van der Waals surface area contributed by atoms with Gasteiger partial charge in [-0.1, -0.05) is 0 Å². The molecule has 1 fully saturated rings. The molecule has 0 unspecified atom stereocenters. The number of halogens is 1. The van der Waals surface area contributed by atoms with Crippen LogP contribution in [0.25, 0.3) is 0 Å². The zero-order valence-corrected chi connectivity index (χ0v) is 12.1. The number of aryl methyl sites for hydroxylation is 1. The molecular weight excluding hydrogens is 273 g/mol. The van der Waals surface area contributed by atoms with Gasteiger partial charge in [-0.05, 0) is 37.1 Å². The fraction of sp³-hybridized carbons (Fsp3) is 0.467. The maximum atomic E-state index is 13.1. The second kappa shape index (κ2) is 6.67. The normalized spacial score (nSPS) is 16.6. The van der Waals surface area contributed by atoms with Gasteiger partial charge in [0.25, 0.3) is 5.91 Å². The van der Waals surface area contributed by atoms with Gasteiger partial charge < -0.3 is 10.6 Å². The lowest BCUT2D eigenvalue weighted by atomic mass is 10.1. The molecule has 0 saturated carbocycles. The second-order valence-electron chi connectivity index (χ2n) is 5.35. The first-order valence-corrected chi connectivity index (χ1v) is 7.03. The Bertz CT molecular complexity index is 548. The topological polar surface area (TPSA) is 66.6 Å². The number of carbonyl (C=O) groups excluding carboxylic acids is 2. The molecule has 0 aliphatic carbocycles. The maximum absolute atomic E-state index is 13.1. The van der Waals surface area contributed by atoms with Crippen LogP contribution in [-0.4, -0.2) is 54.3 Å². The number of benzene rings is 1.